The standard InChI is InChI=1S/C12H26N2O/c1-9(2)14(3)11-5-6-12(13)10(7-11)8-15-4/h9-12H,5-8,13H2,1-4H3. The highest BCUT2D eigenvalue weighted by Crippen LogP contribution is 2.27. The molecular weight excluding hydrogens is 188 g/mol. The number of ether oxygens (including phenoxy) is 1. The Morgan fingerprint density at radius 2 is 2.07 bits per heavy atom. The van der Waals surface area contributed by atoms with Crippen molar-refractivity contribution in [3.8, 4) is 0 Å². The molecule has 1 rings (SSSR count). The Kier molecular flexibility index (Phi) is 5.03. The first kappa shape index (κ1) is 12.9. The second kappa shape index (κ2) is 5.83. The van der Waals surface area contributed by atoms with Crippen molar-refractivity contribution in [2.45, 2.75) is 51.2 Å². The zero-order chi connectivity index (χ0) is 11.4. The Morgan fingerprint density at radius 1 is 1.40 bits per heavy atom. The summed E-state index contributed by atoms with van der Waals surface area (Å²) in [5.41, 5.74) is 6.11. The topological polar surface area (TPSA) is 38.5 Å². The third-order valence-corrected chi connectivity index (χ3v) is 3.78. The van der Waals surface area contributed by atoms with Crippen molar-refractivity contribution < 1.29 is 4.74 Å². The van der Waals surface area contributed by atoms with Gasteiger partial charge in [-0.25, -0.2) is 0 Å². The molecule has 0 saturated heterocycles. The SMILES string of the molecule is COCC1CC(N(C)C(C)C)CCC1N. The largest absolute Gasteiger partial charge is 0.384 e. The van der Waals surface area contributed by atoms with E-state index in [0.717, 1.165) is 13.0 Å². The first-order chi connectivity index (χ1) is 7.06. The van der Waals surface area contributed by atoms with Crippen LogP contribution in [0.15, 0.2) is 0 Å². The smallest absolute Gasteiger partial charge is 0.0505 e. The molecule has 0 aromatic rings. The lowest BCUT2D eigenvalue weighted by Gasteiger charge is -2.40. The molecule has 1 fully saturated rings. The van der Waals surface area contributed by atoms with Gasteiger partial charge in [0.05, 0.1) is 6.61 Å². The van der Waals surface area contributed by atoms with Gasteiger partial charge in [0.2, 0.25) is 0 Å². The fourth-order valence-corrected chi connectivity index (χ4v) is 2.46. The van der Waals surface area contributed by atoms with Crippen molar-refractivity contribution in [3.63, 3.8) is 0 Å². The van der Waals surface area contributed by atoms with Crippen LogP contribution in [0.3, 0.4) is 0 Å². The summed E-state index contributed by atoms with van der Waals surface area (Å²) in [5.74, 6) is 0.537. The number of nitrogens with zero attached hydrogens (tertiary/aromatic N) is 1. The number of hydrogen-bond donors (Lipinski definition) is 1. The van der Waals surface area contributed by atoms with E-state index in [-0.39, 0.29) is 0 Å². The molecule has 3 nitrogen and oxygen atoms in total. The maximum atomic E-state index is 6.11. The molecule has 15 heavy (non-hydrogen) atoms. The van der Waals surface area contributed by atoms with Crippen molar-refractivity contribution in [2.24, 2.45) is 11.7 Å². The van der Waals surface area contributed by atoms with Crippen LogP contribution in [-0.4, -0.2) is 43.8 Å². The first-order valence-electron chi connectivity index (χ1n) is 6.02. The third-order valence-electron chi connectivity index (χ3n) is 3.78. The lowest BCUT2D eigenvalue weighted by atomic mass is 9.81. The number of methoxy groups -OCH3 is 1. The lowest BCUT2D eigenvalue weighted by molar-refractivity contribution is 0.0683. The molecule has 3 unspecified atom stereocenters. The highest BCUT2D eigenvalue weighted by molar-refractivity contribution is 4.87. The van der Waals surface area contributed by atoms with E-state index in [0.29, 0.717) is 24.0 Å². The minimum Gasteiger partial charge on any atom is -0.384 e. The van der Waals surface area contributed by atoms with Crippen LogP contribution in [0.2, 0.25) is 0 Å². The molecule has 3 heteroatoms. The van der Waals surface area contributed by atoms with Crippen LogP contribution in [0.1, 0.15) is 33.1 Å². The third kappa shape index (κ3) is 3.44. The van der Waals surface area contributed by atoms with Crippen LogP contribution in [0, 0.1) is 5.92 Å². The van der Waals surface area contributed by atoms with E-state index in [2.05, 4.69) is 25.8 Å². The molecule has 0 amide bonds. The summed E-state index contributed by atoms with van der Waals surface area (Å²) in [5, 5.41) is 0. The Balaban J connectivity index is 2.49. The Bertz CT molecular complexity index is 184. The van der Waals surface area contributed by atoms with Gasteiger partial charge >= 0.3 is 0 Å². The predicted molar refractivity (Wildman–Crippen MR) is 63.9 cm³/mol. The number of hydrogen-bond acceptors (Lipinski definition) is 3. The van der Waals surface area contributed by atoms with Crippen molar-refractivity contribution in [1.82, 2.24) is 4.90 Å². The van der Waals surface area contributed by atoms with Gasteiger partial charge in [0.25, 0.3) is 0 Å². The van der Waals surface area contributed by atoms with Crippen molar-refractivity contribution in [1.29, 1.82) is 0 Å². The molecule has 0 spiro atoms. The summed E-state index contributed by atoms with van der Waals surface area (Å²) < 4.78 is 5.24. The molecule has 0 bridgehead atoms. The predicted octanol–water partition coefficient (Wildman–Crippen LogP) is 1.47. The van der Waals surface area contributed by atoms with E-state index in [4.69, 9.17) is 10.5 Å². The Hall–Kier alpha value is -0.120. The van der Waals surface area contributed by atoms with E-state index in [1.807, 2.05) is 0 Å². The van der Waals surface area contributed by atoms with E-state index in [1.54, 1.807) is 7.11 Å². The van der Waals surface area contributed by atoms with Crippen LogP contribution < -0.4 is 5.73 Å². The Labute approximate surface area is 94.0 Å². The molecule has 0 radical (unpaired) electrons. The summed E-state index contributed by atoms with van der Waals surface area (Å²) in [6.07, 6.45) is 3.55. The van der Waals surface area contributed by atoms with Crippen molar-refractivity contribution in [3.05, 3.63) is 0 Å². The highest BCUT2D eigenvalue weighted by atomic mass is 16.5. The normalized spacial score (nSPS) is 32.6. The maximum absolute atomic E-state index is 6.11. The van der Waals surface area contributed by atoms with E-state index >= 15 is 0 Å². The molecule has 0 aromatic heterocycles. The molecule has 1 aliphatic rings. The molecule has 1 aliphatic carbocycles. The summed E-state index contributed by atoms with van der Waals surface area (Å²) in [7, 11) is 3.98. The molecular formula is C12H26N2O. The second-order valence-corrected chi connectivity index (χ2v) is 5.11. The summed E-state index contributed by atoms with van der Waals surface area (Å²) in [6, 6.07) is 1.64. The van der Waals surface area contributed by atoms with Gasteiger partial charge in [0.1, 0.15) is 0 Å². The van der Waals surface area contributed by atoms with Crippen LogP contribution >= 0.6 is 0 Å². The summed E-state index contributed by atoms with van der Waals surface area (Å²) in [6.45, 7) is 5.31. The molecule has 0 aromatic carbocycles. The zero-order valence-electron chi connectivity index (χ0n) is 10.6. The van der Waals surface area contributed by atoms with Gasteiger partial charge in [-0.3, -0.25) is 0 Å². The van der Waals surface area contributed by atoms with Gasteiger partial charge in [-0.1, -0.05) is 0 Å². The molecule has 90 valence electrons. The minimum absolute atomic E-state index is 0.335. The fourth-order valence-electron chi connectivity index (χ4n) is 2.46. The van der Waals surface area contributed by atoms with E-state index < -0.39 is 0 Å². The van der Waals surface area contributed by atoms with E-state index in [1.165, 1.54) is 12.8 Å². The van der Waals surface area contributed by atoms with Crippen molar-refractivity contribution >= 4 is 0 Å². The molecule has 1 saturated carbocycles. The van der Waals surface area contributed by atoms with Crippen LogP contribution in [0.5, 0.6) is 0 Å². The highest BCUT2D eigenvalue weighted by Gasteiger charge is 2.30. The zero-order valence-corrected chi connectivity index (χ0v) is 10.6. The average molecular weight is 214 g/mol. The second-order valence-electron chi connectivity index (χ2n) is 5.11. The number of nitrogens with two attached hydrogens (primary N) is 1. The van der Waals surface area contributed by atoms with Gasteiger partial charge in [0, 0.05) is 25.2 Å². The van der Waals surface area contributed by atoms with Crippen molar-refractivity contribution in [2.75, 3.05) is 20.8 Å². The molecule has 2 N–H and O–H groups in total. The van der Waals surface area contributed by atoms with Crippen LogP contribution in [0.25, 0.3) is 0 Å². The maximum Gasteiger partial charge on any atom is 0.0505 e. The number of rotatable bonds is 4. The first-order valence-corrected chi connectivity index (χ1v) is 6.02. The van der Waals surface area contributed by atoms with Gasteiger partial charge in [0.15, 0.2) is 0 Å². The summed E-state index contributed by atoms with van der Waals surface area (Å²) in [4.78, 5) is 2.47. The minimum atomic E-state index is 0.335. The lowest BCUT2D eigenvalue weighted by Crippen LogP contribution is -2.47. The van der Waals surface area contributed by atoms with Gasteiger partial charge < -0.3 is 15.4 Å². The van der Waals surface area contributed by atoms with Gasteiger partial charge in [-0.05, 0) is 46.1 Å². The Morgan fingerprint density at radius 3 is 2.60 bits per heavy atom. The van der Waals surface area contributed by atoms with Crippen LogP contribution in [-0.2, 0) is 4.74 Å². The van der Waals surface area contributed by atoms with Gasteiger partial charge in [-0.15, -0.1) is 0 Å². The van der Waals surface area contributed by atoms with Crippen LogP contribution in [0.4, 0.5) is 0 Å². The monoisotopic (exact) mass is 214 g/mol. The average Bonchev–Trinajstić information content (AvgIpc) is 2.20. The summed E-state index contributed by atoms with van der Waals surface area (Å²) >= 11 is 0. The molecule has 3 atom stereocenters. The molecule has 0 aliphatic heterocycles. The van der Waals surface area contributed by atoms with Gasteiger partial charge in [-0.2, -0.15) is 0 Å². The fraction of sp³-hybridized carbons (Fsp3) is 1.00. The quantitative estimate of drug-likeness (QED) is 0.770. The van der Waals surface area contributed by atoms with E-state index in [9.17, 15) is 0 Å². The molecule has 0 heterocycles.